The van der Waals surface area contributed by atoms with Crippen molar-refractivity contribution in [1.82, 2.24) is 19.7 Å². The Hall–Kier alpha value is -3.26. The van der Waals surface area contributed by atoms with Crippen molar-refractivity contribution >= 4 is 23.4 Å². The third-order valence-corrected chi connectivity index (χ3v) is 6.38. The first kappa shape index (κ1) is 23.9. The van der Waals surface area contributed by atoms with E-state index in [1.807, 2.05) is 16.7 Å². The zero-order valence-corrected chi connectivity index (χ0v) is 19.4. The lowest BCUT2D eigenvalue weighted by Crippen LogP contribution is -2.38. The molecule has 10 heteroatoms. The highest BCUT2D eigenvalue weighted by Crippen LogP contribution is 2.25. The highest BCUT2D eigenvalue weighted by atomic mass is 32.2. The summed E-state index contributed by atoms with van der Waals surface area (Å²) in [4.78, 5) is 14.8. The molecule has 1 aliphatic rings. The van der Waals surface area contributed by atoms with Gasteiger partial charge in [0.2, 0.25) is 5.91 Å². The summed E-state index contributed by atoms with van der Waals surface area (Å²) in [6, 6.07) is 15.5. The average molecular weight is 481 g/mol. The number of anilines is 1. The van der Waals surface area contributed by atoms with Gasteiger partial charge >= 0.3 is 0 Å². The molecule has 34 heavy (non-hydrogen) atoms. The number of nitrogens with one attached hydrogen (secondary N) is 1. The fraction of sp³-hybridized carbons (Fsp3) is 0.333. The second-order valence-electron chi connectivity index (χ2n) is 7.79. The Morgan fingerprint density at radius 3 is 2.53 bits per heavy atom. The molecule has 1 aromatic heterocycles. The fourth-order valence-corrected chi connectivity index (χ4v) is 4.36. The first-order chi connectivity index (χ1) is 16.6. The zero-order chi connectivity index (χ0) is 23.8. The van der Waals surface area contributed by atoms with E-state index in [1.54, 1.807) is 24.3 Å². The van der Waals surface area contributed by atoms with E-state index in [0.29, 0.717) is 42.8 Å². The first-order valence-electron chi connectivity index (χ1n) is 11.0. The maximum Gasteiger partial charge on any atom is 0.234 e. The van der Waals surface area contributed by atoms with Gasteiger partial charge in [-0.2, -0.15) is 5.26 Å². The predicted molar refractivity (Wildman–Crippen MR) is 128 cm³/mol. The Bertz CT molecular complexity index is 1140. The van der Waals surface area contributed by atoms with Crippen molar-refractivity contribution in [3.63, 3.8) is 0 Å². The van der Waals surface area contributed by atoms with Gasteiger partial charge in [0.25, 0.3) is 0 Å². The number of ether oxygens (including phenoxy) is 1. The van der Waals surface area contributed by atoms with Gasteiger partial charge in [0.15, 0.2) is 11.0 Å². The molecule has 8 nitrogen and oxygen atoms in total. The van der Waals surface area contributed by atoms with Crippen LogP contribution in [-0.4, -0.2) is 64.2 Å². The molecule has 2 aromatic carbocycles. The summed E-state index contributed by atoms with van der Waals surface area (Å²) in [5.41, 5.74) is 2.34. The van der Waals surface area contributed by atoms with Gasteiger partial charge in [-0.3, -0.25) is 9.69 Å². The summed E-state index contributed by atoms with van der Waals surface area (Å²) < 4.78 is 20.8. The number of carbonyl (C=O) groups is 1. The van der Waals surface area contributed by atoms with Crippen LogP contribution < -0.4 is 5.32 Å². The first-order valence-corrected chi connectivity index (χ1v) is 12.0. The van der Waals surface area contributed by atoms with Crippen molar-refractivity contribution in [2.24, 2.45) is 0 Å². The normalized spacial score (nSPS) is 14.0. The van der Waals surface area contributed by atoms with Crippen LogP contribution in [-0.2, 0) is 22.5 Å². The van der Waals surface area contributed by atoms with Crippen molar-refractivity contribution in [1.29, 1.82) is 5.26 Å². The molecule has 1 fully saturated rings. The number of amides is 1. The standard InChI is InChI=1S/C24H25FN6O2S/c25-20-5-3-19(4-6-20)23-28-29-24(31(23)12-11-30-13-15-33-16-14-30)34-17-22(32)27-21-7-1-18(2-8-21)9-10-26/h1-8H,9,11-17H2,(H,27,32). The van der Waals surface area contributed by atoms with Crippen LogP contribution in [0.1, 0.15) is 5.56 Å². The number of halogens is 1. The molecule has 0 spiro atoms. The second kappa shape index (κ2) is 11.7. The van der Waals surface area contributed by atoms with Gasteiger partial charge < -0.3 is 14.6 Å². The lowest BCUT2D eigenvalue weighted by atomic mass is 10.1. The van der Waals surface area contributed by atoms with E-state index in [-0.39, 0.29) is 17.5 Å². The molecule has 0 atom stereocenters. The molecule has 1 saturated heterocycles. The Kier molecular flexibility index (Phi) is 8.25. The number of carbonyl (C=O) groups excluding carboxylic acids is 1. The van der Waals surface area contributed by atoms with Crippen LogP contribution >= 0.6 is 11.8 Å². The maximum atomic E-state index is 13.4. The van der Waals surface area contributed by atoms with E-state index in [9.17, 15) is 9.18 Å². The van der Waals surface area contributed by atoms with Gasteiger partial charge in [-0.25, -0.2) is 4.39 Å². The fourth-order valence-electron chi connectivity index (χ4n) is 3.60. The summed E-state index contributed by atoms with van der Waals surface area (Å²) >= 11 is 1.31. The van der Waals surface area contributed by atoms with Crippen molar-refractivity contribution < 1.29 is 13.9 Å². The van der Waals surface area contributed by atoms with E-state index >= 15 is 0 Å². The SMILES string of the molecule is N#CCc1ccc(NC(=O)CSc2nnc(-c3ccc(F)cc3)n2CCN2CCOCC2)cc1. The molecule has 1 aliphatic heterocycles. The largest absolute Gasteiger partial charge is 0.379 e. The number of morpholine rings is 1. The van der Waals surface area contributed by atoms with Crippen LogP contribution in [0.4, 0.5) is 10.1 Å². The van der Waals surface area contributed by atoms with E-state index in [4.69, 9.17) is 10.00 Å². The monoisotopic (exact) mass is 480 g/mol. The van der Waals surface area contributed by atoms with Crippen molar-refractivity contribution in [3.05, 3.63) is 59.9 Å². The second-order valence-corrected chi connectivity index (χ2v) is 8.73. The minimum atomic E-state index is -0.310. The Balaban J connectivity index is 1.43. The van der Waals surface area contributed by atoms with Crippen LogP contribution in [0.15, 0.2) is 53.7 Å². The molecule has 176 valence electrons. The van der Waals surface area contributed by atoms with Crippen LogP contribution in [0.5, 0.6) is 0 Å². The smallest absolute Gasteiger partial charge is 0.234 e. The molecule has 0 aliphatic carbocycles. The minimum absolute atomic E-state index is 0.163. The third-order valence-electron chi connectivity index (χ3n) is 5.42. The van der Waals surface area contributed by atoms with Gasteiger partial charge in [0.1, 0.15) is 5.82 Å². The average Bonchev–Trinajstić information content (AvgIpc) is 3.26. The minimum Gasteiger partial charge on any atom is -0.379 e. The summed E-state index contributed by atoms with van der Waals surface area (Å²) in [7, 11) is 0. The lowest BCUT2D eigenvalue weighted by molar-refractivity contribution is -0.113. The molecule has 1 N–H and O–H groups in total. The van der Waals surface area contributed by atoms with Gasteiger partial charge in [-0.05, 0) is 42.0 Å². The van der Waals surface area contributed by atoms with Gasteiger partial charge in [-0.1, -0.05) is 23.9 Å². The molecule has 4 rings (SSSR count). The number of thioether (sulfide) groups is 1. The quantitative estimate of drug-likeness (QED) is 0.470. The Labute approximate surface area is 201 Å². The number of nitrogens with zero attached hydrogens (tertiary/aromatic N) is 5. The molecule has 2 heterocycles. The van der Waals surface area contributed by atoms with E-state index in [1.165, 1.54) is 23.9 Å². The summed E-state index contributed by atoms with van der Waals surface area (Å²) in [5, 5.41) is 20.9. The lowest BCUT2D eigenvalue weighted by Gasteiger charge is -2.27. The highest BCUT2D eigenvalue weighted by Gasteiger charge is 2.18. The topological polar surface area (TPSA) is 96.1 Å². The number of rotatable bonds is 9. The molecule has 0 radical (unpaired) electrons. The van der Waals surface area contributed by atoms with Gasteiger partial charge in [-0.15, -0.1) is 10.2 Å². The zero-order valence-electron chi connectivity index (χ0n) is 18.6. The van der Waals surface area contributed by atoms with E-state index in [2.05, 4.69) is 26.5 Å². The molecule has 1 amide bonds. The van der Waals surface area contributed by atoms with E-state index in [0.717, 1.165) is 30.8 Å². The van der Waals surface area contributed by atoms with Gasteiger partial charge in [0, 0.05) is 37.4 Å². The van der Waals surface area contributed by atoms with Crippen molar-refractivity contribution in [3.8, 4) is 17.5 Å². The number of hydrogen-bond acceptors (Lipinski definition) is 7. The van der Waals surface area contributed by atoms with Crippen molar-refractivity contribution in [2.75, 3.05) is 43.9 Å². The highest BCUT2D eigenvalue weighted by molar-refractivity contribution is 7.99. The third kappa shape index (κ3) is 6.41. The Morgan fingerprint density at radius 1 is 1.09 bits per heavy atom. The summed E-state index contributed by atoms with van der Waals surface area (Å²) in [6.45, 7) is 4.60. The van der Waals surface area contributed by atoms with Crippen molar-refractivity contribution in [2.45, 2.75) is 18.1 Å². The summed E-state index contributed by atoms with van der Waals surface area (Å²) in [6.07, 6.45) is 0.334. The summed E-state index contributed by atoms with van der Waals surface area (Å²) in [5.74, 6) is 0.336. The van der Waals surface area contributed by atoms with Crippen LogP contribution in [0.25, 0.3) is 11.4 Å². The molecule has 0 bridgehead atoms. The molecule has 0 saturated carbocycles. The number of aromatic nitrogens is 3. The van der Waals surface area contributed by atoms with Crippen LogP contribution in [0.3, 0.4) is 0 Å². The molecular formula is C24H25FN6O2S. The molecule has 3 aromatic rings. The van der Waals surface area contributed by atoms with Crippen LogP contribution in [0, 0.1) is 17.1 Å². The maximum absolute atomic E-state index is 13.4. The predicted octanol–water partition coefficient (Wildman–Crippen LogP) is 3.21. The number of nitriles is 1. The Morgan fingerprint density at radius 2 is 1.82 bits per heavy atom. The van der Waals surface area contributed by atoms with Crippen LogP contribution in [0.2, 0.25) is 0 Å². The van der Waals surface area contributed by atoms with Gasteiger partial charge in [0.05, 0.1) is 31.5 Å². The number of benzene rings is 2. The van der Waals surface area contributed by atoms with E-state index < -0.39 is 0 Å². The molecular weight excluding hydrogens is 455 g/mol. The number of hydrogen-bond donors (Lipinski definition) is 1. The molecule has 0 unspecified atom stereocenters.